The van der Waals surface area contributed by atoms with Crippen LogP contribution in [0.25, 0.3) is 6.08 Å². The van der Waals surface area contributed by atoms with Gasteiger partial charge in [0, 0.05) is 20.5 Å². The molecule has 0 radical (unpaired) electrons. The lowest BCUT2D eigenvalue weighted by molar-refractivity contribution is -0.112. The lowest BCUT2D eigenvalue weighted by atomic mass is 9.95. The van der Waals surface area contributed by atoms with Crippen LogP contribution in [0.2, 0.25) is 10.0 Å². The van der Waals surface area contributed by atoms with E-state index in [0.717, 1.165) is 48.8 Å². The van der Waals surface area contributed by atoms with Gasteiger partial charge < -0.3 is 14.8 Å². The maximum Gasteiger partial charge on any atom is 0.341 e. The molecular formula is C28H22Cl2I2N2O4S. The van der Waals surface area contributed by atoms with Crippen molar-refractivity contribution in [3.05, 3.63) is 80.2 Å². The summed E-state index contributed by atoms with van der Waals surface area (Å²) in [6.07, 6.45) is 5.18. The van der Waals surface area contributed by atoms with Crippen molar-refractivity contribution in [2.24, 2.45) is 0 Å². The van der Waals surface area contributed by atoms with Crippen LogP contribution in [0.1, 0.15) is 51.7 Å². The molecule has 1 heterocycles. The molecule has 11 heteroatoms. The highest BCUT2D eigenvalue weighted by Gasteiger charge is 2.28. The molecule has 0 saturated heterocycles. The molecule has 4 rings (SSSR count). The van der Waals surface area contributed by atoms with Gasteiger partial charge in [-0.2, -0.15) is 5.26 Å². The van der Waals surface area contributed by atoms with E-state index in [9.17, 15) is 14.9 Å². The van der Waals surface area contributed by atoms with Gasteiger partial charge in [-0.3, -0.25) is 4.79 Å². The summed E-state index contributed by atoms with van der Waals surface area (Å²) in [5.74, 6) is -0.357. The Kier molecular flexibility index (Phi) is 10.6. The Bertz CT molecular complexity index is 1490. The highest BCUT2D eigenvalue weighted by Crippen LogP contribution is 2.39. The second-order valence-corrected chi connectivity index (χ2v) is 12.9. The summed E-state index contributed by atoms with van der Waals surface area (Å²) >= 11 is 17.9. The number of hydrogen-bond donors (Lipinski definition) is 1. The van der Waals surface area contributed by atoms with E-state index in [0.29, 0.717) is 31.9 Å². The maximum atomic E-state index is 13.1. The van der Waals surface area contributed by atoms with Gasteiger partial charge in [-0.15, -0.1) is 11.3 Å². The van der Waals surface area contributed by atoms with Crippen LogP contribution in [0.4, 0.5) is 5.00 Å². The number of nitriles is 1. The Balaban J connectivity index is 1.55. The van der Waals surface area contributed by atoms with Crippen LogP contribution in [0.5, 0.6) is 5.75 Å². The quantitative estimate of drug-likeness (QED) is 0.107. The van der Waals surface area contributed by atoms with E-state index in [1.807, 2.05) is 24.3 Å². The van der Waals surface area contributed by atoms with Crippen molar-refractivity contribution in [2.75, 3.05) is 11.9 Å². The van der Waals surface area contributed by atoms with Gasteiger partial charge >= 0.3 is 5.97 Å². The van der Waals surface area contributed by atoms with Crippen LogP contribution < -0.4 is 10.1 Å². The van der Waals surface area contributed by atoms with E-state index in [1.165, 1.54) is 17.4 Å². The van der Waals surface area contributed by atoms with Crippen molar-refractivity contribution in [3.63, 3.8) is 0 Å². The number of fused-ring (bicyclic) bond motifs is 1. The summed E-state index contributed by atoms with van der Waals surface area (Å²) in [7, 11) is 0. The topological polar surface area (TPSA) is 88.4 Å². The van der Waals surface area contributed by atoms with Crippen molar-refractivity contribution in [1.82, 2.24) is 0 Å². The van der Waals surface area contributed by atoms with Gasteiger partial charge in [-0.1, -0.05) is 29.3 Å². The minimum Gasteiger partial charge on any atom is -0.487 e. The Labute approximate surface area is 267 Å². The van der Waals surface area contributed by atoms with Gasteiger partial charge in [-0.05, 0) is 119 Å². The largest absolute Gasteiger partial charge is 0.487 e. The third-order valence-electron chi connectivity index (χ3n) is 5.96. The molecule has 1 aliphatic carbocycles. The number of halogens is 4. The molecule has 202 valence electrons. The molecule has 0 unspecified atom stereocenters. The third-order valence-corrected chi connectivity index (χ3v) is 9.36. The highest BCUT2D eigenvalue weighted by molar-refractivity contribution is 14.1. The molecule has 6 nitrogen and oxygen atoms in total. The number of rotatable bonds is 8. The number of ether oxygens (including phenoxy) is 2. The van der Waals surface area contributed by atoms with Gasteiger partial charge in [0.1, 0.15) is 29.0 Å². The number of aryl methyl sites for hydroxylation is 1. The molecule has 0 aliphatic heterocycles. The molecule has 1 aliphatic rings. The Morgan fingerprint density at radius 2 is 1.87 bits per heavy atom. The predicted molar refractivity (Wildman–Crippen MR) is 172 cm³/mol. The van der Waals surface area contributed by atoms with Crippen LogP contribution in [-0.4, -0.2) is 18.5 Å². The first-order valence-electron chi connectivity index (χ1n) is 12.0. The fourth-order valence-electron chi connectivity index (χ4n) is 4.15. The zero-order valence-electron chi connectivity index (χ0n) is 20.7. The first-order chi connectivity index (χ1) is 18.7. The molecule has 0 atom stereocenters. The van der Waals surface area contributed by atoms with E-state index < -0.39 is 11.9 Å². The fourth-order valence-corrected chi connectivity index (χ4v) is 8.01. The summed E-state index contributed by atoms with van der Waals surface area (Å²) in [5, 5.41) is 14.1. The second-order valence-electron chi connectivity index (χ2n) is 8.60. The molecule has 0 saturated carbocycles. The normalized spacial score (nSPS) is 12.9. The average Bonchev–Trinajstić information content (AvgIpc) is 3.25. The Morgan fingerprint density at radius 3 is 2.54 bits per heavy atom. The van der Waals surface area contributed by atoms with Gasteiger partial charge in [0.25, 0.3) is 5.91 Å². The molecule has 39 heavy (non-hydrogen) atoms. The lowest BCUT2D eigenvalue weighted by Crippen LogP contribution is -2.16. The highest BCUT2D eigenvalue weighted by atomic mass is 127. The molecule has 0 spiro atoms. The zero-order valence-corrected chi connectivity index (χ0v) is 27.4. The molecule has 1 amide bonds. The first kappa shape index (κ1) is 30.1. The molecule has 1 N–H and O–H groups in total. The summed E-state index contributed by atoms with van der Waals surface area (Å²) in [6, 6.07) is 10.9. The number of hydrogen-bond acceptors (Lipinski definition) is 6. The van der Waals surface area contributed by atoms with Crippen LogP contribution in [0, 0.1) is 18.5 Å². The Morgan fingerprint density at radius 1 is 1.15 bits per heavy atom. The Hall–Kier alpha value is -1.85. The van der Waals surface area contributed by atoms with Crippen LogP contribution in [0.3, 0.4) is 0 Å². The number of carbonyl (C=O) groups excluding carboxylic acids is 2. The minimum atomic E-state index is -0.579. The molecule has 0 fully saturated rings. The standard InChI is InChI=1S/C28H22Cl2I2N2O4S/c1-2-37-28(36)24-19-5-3-4-6-23(19)39-27(24)34-26(35)17(13-33)9-15-10-21(31)25(22(32)11-15)38-14-16-7-8-18(29)12-20(16)30/h7-12H,2-6,14H2,1H3,(H,34,35)/b17-9+. The third kappa shape index (κ3) is 7.27. The number of nitrogens with zero attached hydrogens (tertiary/aromatic N) is 1. The zero-order chi connectivity index (χ0) is 28.1. The van der Waals surface area contributed by atoms with Gasteiger partial charge in [0.15, 0.2) is 0 Å². The van der Waals surface area contributed by atoms with Crippen molar-refractivity contribution in [1.29, 1.82) is 5.26 Å². The van der Waals surface area contributed by atoms with Gasteiger partial charge in [0.2, 0.25) is 0 Å². The summed E-state index contributed by atoms with van der Waals surface area (Å²) in [4.78, 5) is 27.0. The minimum absolute atomic E-state index is 0.0793. The number of thiophene rings is 1. The van der Waals surface area contributed by atoms with Crippen molar-refractivity contribution in [2.45, 2.75) is 39.2 Å². The summed E-state index contributed by atoms with van der Waals surface area (Å²) in [5.41, 5.74) is 2.75. The molecule has 2 aromatic carbocycles. The monoisotopic (exact) mass is 806 g/mol. The molecular weight excluding hydrogens is 785 g/mol. The summed E-state index contributed by atoms with van der Waals surface area (Å²) < 4.78 is 12.9. The van der Waals surface area contributed by atoms with Gasteiger partial charge in [-0.25, -0.2) is 4.79 Å². The number of carbonyl (C=O) groups is 2. The maximum absolute atomic E-state index is 13.1. The number of esters is 1. The second kappa shape index (κ2) is 13.7. The lowest BCUT2D eigenvalue weighted by Gasteiger charge is -2.13. The summed E-state index contributed by atoms with van der Waals surface area (Å²) in [6.45, 7) is 2.25. The van der Waals surface area contributed by atoms with Crippen LogP contribution >= 0.6 is 79.7 Å². The van der Waals surface area contributed by atoms with Crippen LogP contribution in [0.15, 0.2) is 35.9 Å². The number of nitrogens with one attached hydrogen (secondary N) is 1. The van der Waals surface area contributed by atoms with Crippen molar-refractivity contribution in [3.8, 4) is 11.8 Å². The smallest absolute Gasteiger partial charge is 0.341 e. The van der Waals surface area contributed by atoms with Crippen molar-refractivity contribution < 1.29 is 19.1 Å². The SMILES string of the molecule is CCOC(=O)c1c(NC(=O)/C(C#N)=C/c2cc(I)c(OCc3ccc(Cl)cc3Cl)c(I)c2)sc2c1CCCC2. The first-order valence-corrected chi connectivity index (χ1v) is 15.7. The van der Waals surface area contributed by atoms with Crippen LogP contribution in [-0.2, 0) is 29.0 Å². The number of anilines is 1. The molecule has 3 aromatic rings. The van der Waals surface area contributed by atoms with E-state index in [2.05, 4.69) is 50.5 Å². The fraction of sp³-hybridized carbons (Fsp3) is 0.250. The van der Waals surface area contributed by atoms with Gasteiger partial charge in [0.05, 0.1) is 19.3 Å². The number of amides is 1. The predicted octanol–water partition coefficient (Wildman–Crippen LogP) is 8.44. The molecule has 0 bridgehead atoms. The van der Waals surface area contributed by atoms with Crippen molar-refractivity contribution >= 4 is 103 Å². The van der Waals surface area contributed by atoms with E-state index in [-0.39, 0.29) is 18.8 Å². The number of benzene rings is 2. The van der Waals surface area contributed by atoms with E-state index in [1.54, 1.807) is 19.1 Å². The van der Waals surface area contributed by atoms with E-state index in [4.69, 9.17) is 32.7 Å². The van der Waals surface area contributed by atoms with E-state index >= 15 is 0 Å². The average molecular weight is 807 g/mol. The molecule has 1 aromatic heterocycles.